The number of nitriles is 1. The number of hydrogen-bond acceptors (Lipinski definition) is 6. The number of hydrogen-bond donors (Lipinski definition) is 2. The molecule has 5 rings (SSSR count). The van der Waals surface area contributed by atoms with Gasteiger partial charge in [-0.3, -0.25) is 10.5 Å². The van der Waals surface area contributed by atoms with Crippen LogP contribution in [0.1, 0.15) is 42.4 Å². The topological polar surface area (TPSA) is 104 Å². The number of benzene rings is 2. The van der Waals surface area contributed by atoms with E-state index >= 15 is 0 Å². The summed E-state index contributed by atoms with van der Waals surface area (Å²) in [6, 6.07) is 16.1. The molecule has 0 saturated heterocycles. The molecule has 2 aromatic carbocycles. The summed E-state index contributed by atoms with van der Waals surface area (Å²) in [5, 5.41) is 25.4. The van der Waals surface area contributed by atoms with Crippen molar-refractivity contribution < 1.29 is 14.2 Å². The van der Waals surface area contributed by atoms with Crippen molar-refractivity contribution in [2.75, 3.05) is 6.79 Å². The lowest BCUT2D eigenvalue weighted by molar-refractivity contribution is 0.174. The predicted molar refractivity (Wildman–Crippen MR) is 110 cm³/mol. The van der Waals surface area contributed by atoms with Gasteiger partial charge in [-0.2, -0.15) is 5.26 Å². The Labute approximate surface area is 173 Å². The third kappa shape index (κ3) is 2.80. The van der Waals surface area contributed by atoms with Crippen LogP contribution in [0.5, 0.6) is 17.4 Å². The van der Waals surface area contributed by atoms with E-state index in [9.17, 15) is 5.26 Å². The van der Waals surface area contributed by atoms with E-state index in [1.54, 1.807) is 0 Å². The van der Waals surface area contributed by atoms with E-state index in [0.717, 1.165) is 22.4 Å². The zero-order valence-electron chi connectivity index (χ0n) is 16.6. The number of ether oxygens (including phenoxy) is 3. The van der Waals surface area contributed by atoms with Gasteiger partial charge in [0.05, 0.1) is 17.3 Å². The fourth-order valence-corrected chi connectivity index (χ4v) is 4.04. The Morgan fingerprint density at radius 1 is 1.13 bits per heavy atom. The first-order valence-corrected chi connectivity index (χ1v) is 9.81. The second kappa shape index (κ2) is 6.92. The van der Waals surface area contributed by atoms with Gasteiger partial charge >= 0.3 is 0 Å². The minimum atomic E-state index is -0.743. The highest BCUT2D eigenvalue weighted by molar-refractivity contribution is 5.86. The van der Waals surface area contributed by atoms with Crippen LogP contribution in [0.15, 0.2) is 42.5 Å². The maximum atomic E-state index is 9.85. The second-order valence-corrected chi connectivity index (χ2v) is 7.76. The summed E-state index contributed by atoms with van der Waals surface area (Å²) in [5.41, 5.74) is 4.54. The lowest BCUT2D eigenvalue weighted by Crippen LogP contribution is -2.30. The molecule has 1 aromatic heterocycles. The third-order valence-electron chi connectivity index (χ3n) is 5.67. The van der Waals surface area contributed by atoms with E-state index in [0.29, 0.717) is 23.3 Å². The van der Waals surface area contributed by atoms with Crippen molar-refractivity contribution in [1.82, 2.24) is 10.2 Å². The standard InChI is InChI=1S/C23H20N4O3/c1-12(2)13-3-5-14(6-4-13)19-16(10-24)22(25)30-23-20(19)21(26-27-23)15-7-8-17-18(9-15)29-11-28-17/h3-9,12,16,19,25H,11H2,1-2H3,(H,26,27). The number of rotatable bonds is 3. The molecule has 2 aliphatic heterocycles. The fraction of sp³-hybridized carbons (Fsp3) is 0.261. The summed E-state index contributed by atoms with van der Waals surface area (Å²) < 4.78 is 16.5. The smallest absolute Gasteiger partial charge is 0.244 e. The molecule has 2 unspecified atom stereocenters. The number of aromatic amines is 1. The predicted octanol–water partition coefficient (Wildman–Crippen LogP) is 4.57. The Balaban J connectivity index is 1.65. The Morgan fingerprint density at radius 2 is 1.90 bits per heavy atom. The minimum Gasteiger partial charge on any atom is -0.454 e. The lowest BCUT2D eigenvalue weighted by Gasteiger charge is -2.28. The highest BCUT2D eigenvalue weighted by Crippen LogP contribution is 2.47. The molecule has 0 radical (unpaired) electrons. The molecule has 0 fully saturated rings. The summed E-state index contributed by atoms with van der Waals surface area (Å²) in [6.07, 6.45) is 0. The van der Waals surface area contributed by atoms with Crippen molar-refractivity contribution in [2.45, 2.75) is 25.7 Å². The molecule has 7 heteroatoms. The van der Waals surface area contributed by atoms with Crippen molar-refractivity contribution in [2.24, 2.45) is 5.92 Å². The zero-order chi connectivity index (χ0) is 20.8. The van der Waals surface area contributed by atoms with Crippen molar-refractivity contribution in [3.05, 3.63) is 59.2 Å². The van der Waals surface area contributed by atoms with Gasteiger partial charge in [-0.25, -0.2) is 0 Å². The van der Waals surface area contributed by atoms with E-state index in [-0.39, 0.29) is 18.6 Å². The molecular weight excluding hydrogens is 380 g/mol. The molecular formula is C23H20N4O3. The largest absolute Gasteiger partial charge is 0.454 e. The molecule has 7 nitrogen and oxygen atoms in total. The van der Waals surface area contributed by atoms with E-state index in [1.165, 1.54) is 5.56 Å². The normalized spacial score (nSPS) is 19.3. The summed E-state index contributed by atoms with van der Waals surface area (Å²) in [5.74, 6) is 0.895. The van der Waals surface area contributed by atoms with Crippen molar-refractivity contribution in [3.63, 3.8) is 0 Å². The second-order valence-electron chi connectivity index (χ2n) is 7.76. The molecule has 0 bridgehead atoms. The number of nitrogens with zero attached hydrogens (tertiary/aromatic N) is 2. The first-order valence-electron chi connectivity index (χ1n) is 9.81. The molecule has 2 N–H and O–H groups in total. The molecule has 0 amide bonds. The highest BCUT2D eigenvalue weighted by Gasteiger charge is 2.41. The van der Waals surface area contributed by atoms with Gasteiger partial charge in [-0.05, 0) is 35.2 Å². The van der Waals surface area contributed by atoms with Crippen LogP contribution in [0.3, 0.4) is 0 Å². The van der Waals surface area contributed by atoms with Gasteiger partial charge in [-0.1, -0.05) is 38.1 Å². The number of aromatic nitrogens is 2. The summed E-state index contributed by atoms with van der Waals surface area (Å²) >= 11 is 0. The van der Waals surface area contributed by atoms with Crippen LogP contribution in [0.25, 0.3) is 11.3 Å². The average molecular weight is 400 g/mol. The van der Waals surface area contributed by atoms with Gasteiger partial charge in [0.15, 0.2) is 11.5 Å². The Bertz CT molecular complexity index is 1170. The number of nitrogens with one attached hydrogen (secondary N) is 2. The van der Waals surface area contributed by atoms with Crippen LogP contribution in [-0.4, -0.2) is 22.9 Å². The van der Waals surface area contributed by atoms with E-state index in [4.69, 9.17) is 19.6 Å². The Kier molecular flexibility index (Phi) is 4.21. The summed E-state index contributed by atoms with van der Waals surface area (Å²) in [6.45, 7) is 4.48. The van der Waals surface area contributed by atoms with E-state index in [1.807, 2.05) is 30.3 Å². The maximum absolute atomic E-state index is 9.85. The molecule has 3 aromatic rings. The molecule has 2 aliphatic rings. The van der Waals surface area contributed by atoms with Gasteiger partial charge < -0.3 is 14.2 Å². The van der Waals surface area contributed by atoms with Crippen LogP contribution < -0.4 is 14.2 Å². The Morgan fingerprint density at radius 3 is 2.63 bits per heavy atom. The highest BCUT2D eigenvalue weighted by atomic mass is 16.7. The molecule has 150 valence electrons. The van der Waals surface area contributed by atoms with Gasteiger partial charge in [0.25, 0.3) is 0 Å². The van der Waals surface area contributed by atoms with Crippen molar-refractivity contribution >= 4 is 5.90 Å². The maximum Gasteiger partial charge on any atom is 0.244 e. The van der Waals surface area contributed by atoms with Gasteiger partial charge in [0.1, 0.15) is 5.92 Å². The first-order chi connectivity index (χ1) is 14.6. The number of fused-ring (bicyclic) bond motifs is 2. The van der Waals surface area contributed by atoms with Crippen LogP contribution in [0.2, 0.25) is 0 Å². The van der Waals surface area contributed by atoms with E-state index < -0.39 is 5.92 Å². The van der Waals surface area contributed by atoms with Crippen LogP contribution in [0.4, 0.5) is 0 Å². The monoisotopic (exact) mass is 400 g/mol. The SMILES string of the molecule is CC(C)c1ccc(C2c3c(n[nH]c3-c3ccc4c(c3)OCO4)OC(=N)C2C#N)cc1. The molecule has 0 saturated carbocycles. The minimum absolute atomic E-state index is 0.0910. The fourth-order valence-electron chi connectivity index (χ4n) is 4.04. The molecule has 3 heterocycles. The first kappa shape index (κ1) is 18.3. The molecule has 0 aliphatic carbocycles. The molecule has 0 spiro atoms. The molecule has 2 atom stereocenters. The third-order valence-corrected chi connectivity index (χ3v) is 5.67. The number of H-pyrrole nitrogens is 1. The van der Waals surface area contributed by atoms with Crippen LogP contribution in [0, 0.1) is 22.7 Å². The lowest BCUT2D eigenvalue weighted by atomic mass is 9.78. The summed E-state index contributed by atoms with van der Waals surface area (Å²) in [4.78, 5) is 0. The van der Waals surface area contributed by atoms with Gasteiger partial charge in [0.2, 0.25) is 18.6 Å². The van der Waals surface area contributed by atoms with Crippen molar-refractivity contribution in [3.8, 4) is 34.7 Å². The van der Waals surface area contributed by atoms with Crippen LogP contribution >= 0.6 is 0 Å². The van der Waals surface area contributed by atoms with E-state index in [2.05, 4.69) is 42.2 Å². The average Bonchev–Trinajstić information content (AvgIpc) is 3.38. The summed E-state index contributed by atoms with van der Waals surface area (Å²) in [7, 11) is 0. The Hall–Kier alpha value is -3.79. The van der Waals surface area contributed by atoms with Gasteiger partial charge in [-0.15, -0.1) is 5.10 Å². The van der Waals surface area contributed by atoms with Crippen LogP contribution in [-0.2, 0) is 0 Å². The zero-order valence-corrected chi connectivity index (χ0v) is 16.6. The quantitative estimate of drug-likeness (QED) is 0.670. The molecule has 30 heavy (non-hydrogen) atoms. The van der Waals surface area contributed by atoms with Gasteiger partial charge in [0, 0.05) is 11.5 Å². The van der Waals surface area contributed by atoms with Crippen molar-refractivity contribution in [1.29, 1.82) is 10.7 Å².